The van der Waals surface area contributed by atoms with Crippen molar-refractivity contribution in [2.75, 3.05) is 16.6 Å². The Morgan fingerprint density at radius 1 is 1.13 bits per heavy atom. The quantitative estimate of drug-likeness (QED) is 0.739. The molecule has 2 aromatic rings. The highest BCUT2D eigenvalue weighted by Crippen LogP contribution is 2.35. The summed E-state index contributed by atoms with van der Waals surface area (Å²) in [5.41, 5.74) is 4.35. The summed E-state index contributed by atoms with van der Waals surface area (Å²) in [6.07, 6.45) is 4.48. The molecule has 0 aromatic heterocycles. The van der Waals surface area contributed by atoms with Crippen LogP contribution in [0.2, 0.25) is 0 Å². The predicted octanol–water partition coefficient (Wildman–Crippen LogP) is 3.75. The molecule has 31 heavy (non-hydrogen) atoms. The van der Waals surface area contributed by atoms with Gasteiger partial charge in [-0.15, -0.1) is 0 Å². The van der Waals surface area contributed by atoms with E-state index in [-0.39, 0.29) is 24.2 Å². The number of nitrogens with one attached hydrogen (secondary N) is 1. The molecule has 0 saturated heterocycles. The van der Waals surface area contributed by atoms with Crippen LogP contribution in [0.3, 0.4) is 0 Å². The van der Waals surface area contributed by atoms with E-state index in [2.05, 4.69) is 23.5 Å². The maximum Gasteiger partial charge on any atom is 0.263 e. The highest BCUT2D eigenvalue weighted by molar-refractivity contribution is 7.92. The number of hydrogen-bond acceptors (Lipinski definition) is 4. The van der Waals surface area contributed by atoms with Gasteiger partial charge in [-0.1, -0.05) is 37.3 Å². The molecule has 1 N–H and O–H groups in total. The number of benzene rings is 2. The topological polar surface area (TPSA) is 75.7 Å². The van der Waals surface area contributed by atoms with Crippen LogP contribution < -0.4 is 14.4 Å². The molecule has 1 amide bonds. The summed E-state index contributed by atoms with van der Waals surface area (Å²) in [7, 11) is -3.52. The van der Waals surface area contributed by atoms with Gasteiger partial charge in [0.15, 0.2) is 6.10 Å². The van der Waals surface area contributed by atoms with E-state index < -0.39 is 16.1 Å². The second-order valence-electron chi connectivity index (χ2n) is 8.21. The van der Waals surface area contributed by atoms with Crippen molar-refractivity contribution in [1.29, 1.82) is 0 Å². The van der Waals surface area contributed by atoms with E-state index in [4.69, 9.17) is 4.74 Å². The number of aryl methyl sites for hydroxylation is 2. The lowest BCUT2D eigenvalue weighted by atomic mass is 9.88. The lowest BCUT2D eigenvalue weighted by Gasteiger charge is -2.35. The van der Waals surface area contributed by atoms with Crippen LogP contribution in [0.15, 0.2) is 42.5 Å². The zero-order valence-electron chi connectivity index (χ0n) is 18.1. The molecule has 7 heteroatoms. The Kier molecular flexibility index (Phi) is 6.23. The summed E-state index contributed by atoms with van der Waals surface area (Å²) in [4.78, 5) is 13.1. The fraction of sp³-hybridized carbons (Fsp3) is 0.458. The number of anilines is 1. The smallest absolute Gasteiger partial charge is 0.263 e. The Morgan fingerprint density at radius 3 is 2.61 bits per heavy atom. The fourth-order valence-corrected chi connectivity index (χ4v) is 5.54. The van der Waals surface area contributed by atoms with E-state index in [1.165, 1.54) is 28.3 Å². The van der Waals surface area contributed by atoms with Crippen LogP contribution in [0.4, 0.5) is 5.69 Å². The minimum atomic E-state index is -3.52. The van der Waals surface area contributed by atoms with Crippen molar-refractivity contribution in [3.05, 3.63) is 59.2 Å². The summed E-state index contributed by atoms with van der Waals surface area (Å²) in [5.74, 6) is 0.0747. The number of amides is 1. The second kappa shape index (κ2) is 8.91. The average Bonchev–Trinajstić information content (AvgIpc) is 2.81. The first-order valence-electron chi connectivity index (χ1n) is 11.1. The van der Waals surface area contributed by atoms with Gasteiger partial charge >= 0.3 is 0 Å². The molecule has 4 rings (SSSR count). The van der Waals surface area contributed by atoms with E-state index in [9.17, 15) is 13.2 Å². The SMILES string of the molecule is CC[C@H](NC(=O)[C@@H]1CN(S(=O)(=O)CC)c2ccccc2O1)c1ccc2c(c1)CCCC2. The lowest BCUT2D eigenvalue weighted by Crippen LogP contribution is -2.51. The Labute approximate surface area is 184 Å². The van der Waals surface area contributed by atoms with Crippen LogP contribution >= 0.6 is 0 Å². The van der Waals surface area contributed by atoms with Gasteiger partial charge in [-0.2, -0.15) is 0 Å². The van der Waals surface area contributed by atoms with Gasteiger partial charge < -0.3 is 10.1 Å². The molecular formula is C24H30N2O4S. The van der Waals surface area contributed by atoms with Gasteiger partial charge in [0.1, 0.15) is 5.75 Å². The molecule has 2 atom stereocenters. The highest BCUT2D eigenvalue weighted by Gasteiger charge is 2.36. The van der Waals surface area contributed by atoms with Crippen LogP contribution in [0.5, 0.6) is 5.75 Å². The molecule has 2 aliphatic rings. The van der Waals surface area contributed by atoms with E-state index in [0.717, 1.165) is 24.8 Å². The molecule has 2 aromatic carbocycles. The number of nitrogens with zero attached hydrogens (tertiary/aromatic N) is 1. The van der Waals surface area contributed by atoms with Gasteiger partial charge in [0, 0.05) is 0 Å². The number of rotatable bonds is 6. The molecule has 0 spiro atoms. The average molecular weight is 443 g/mol. The Bertz CT molecular complexity index is 1070. The van der Waals surface area contributed by atoms with E-state index in [0.29, 0.717) is 11.4 Å². The van der Waals surface area contributed by atoms with Crippen LogP contribution in [0.25, 0.3) is 0 Å². The van der Waals surface area contributed by atoms with Crippen molar-refractivity contribution in [2.45, 2.75) is 58.1 Å². The zero-order chi connectivity index (χ0) is 22.0. The second-order valence-corrected chi connectivity index (χ2v) is 10.4. The molecule has 0 unspecified atom stereocenters. The van der Waals surface area contributed by atoms with E-state index in [1.807, 2.05) is 6.92 Å². The van der Waals surface area contributed by atoms with Crippen LogP contribution in [0.1, 0.15) is 55.8 Å². The van der Waals surface area contributed by atoms with Crippen molar-refractivity contribution in [3.63, 3.8) is 0 Å². The molecule has 1 aliphatic carbocycles. The fourth-order valence-electron chi connectivity index (χ4n) is 4.41. The van der Waals surface area contributed by atoms with Crippen molar-refractivity contribution in [1.82, 2.24) is 5.32 Å². The molecule has 1 heterocycles. The van der Waals surface area contributed by atoms with Gasteiger partial charge in [0.05, 0.1) is 24.0 Å². The number of ether oxygens (including phenoxy) is 1. The normalized spacial score (nSPS) is 19.0. The molecule has 166 valence electrons. The maximum absolute atomic E-state index is 13.1. The molecule has 1 aliphatic heterocycles. The highest BCUT2D eigenvalue weighted by atomic mass is 32.2. The molecular weight excluding hydrogens is 412 g/mol. The molecule has 0 fully saturated rings. The van der Waals surface area contributed by atoms with Crippen molar-refractivity contribution in [3.8, 4) is 5.75 Å². The minimum absolute atomic E-state index is 0.0281. The van der Waals surface area contributed by atoms with Gasteiger partial charge in [-0.25, -0.2) is 8.42 Å². The Balaban J connectivity index is 1.55. The third-order valence-corrected chi connectivity index (χ3v) is 7.97. The van der Waals surface area contributed by atoms with Crippen LogP contribution in [-0.2, 0) is 27.7 Å². The number of carbonyl (C=O) groups excluding carboxylic acids is 1. The van der Waals surface area contributed by atoms with Gasteiger partial charge in [0.2, 0.25) is 10.0 Å². The number of hydrogen-bond donors (Lipinski definition) is 1. The summed E-state index contributed by atoms with van der Waals surface area (Å²) >= 11 is 0. The predicted molar refractivity (Wildman–Crippen MR) is 122 cm³/mol. The number of carbonyl (C=O) groups is 1. The summed E-state index contributed by atoms with van der Waals surface area (Å²) in [6, 6.07) is 13.3. The third-order valence-electron chi connectivity index (χ3n) is 6.23. The van der Waals surface area contributed by atoms with Gasteiger partial charge in [-0.3, -0.25) is 9.10 Å². The molecule has 0 bridgehead atoms. The first kappa shape index (κ1) is 21.7. The van der Waals surface area contributed by atoms with Crippen molar-refractivity contribution in [2.24, 2.45) is 0 Å². The molecule has 0 saturated carbocycles. The third kappa shape index (κ3) is 4.42. The van der Waals surface area contributed by atoms with Gasteiger partial charge in [-0.05, 0) is 67.9 Å². The van der Waals surface area contributed by atoms with Gasteiger partial charge in [0.25, 0.3) is 5.91 Å². The molecule has 0 radical (unpaired) electrons. The van der Waals surface area contributed by atoms with E-state index in [1.54, 1.807) is 31.2 Å². The summed E-state index contributed by atoms with van der Waals surface area (Å²) in [5, 5.41) is 3.09. The molecule has 6 nitrogen and oxygen atoms in total. The number of sulfonamides is 1. The minimum Gasteiger partial charge on any atom is -0.476 e. The Hall–Kier alpha value is -2.54. The van der Waals surface area contributed by atoms with E-state index >= 15 is 0 Å². The number of para-hydroxylation sites is 2. The first-order chi connectivity index (χ1) is 14.9. The van der Waals surface area contributed by atoms with Crippen LogP contribution in [0, 0.1) is 0 Å². The Morgan fingerprint density at radius 2 is 1.87 bits per heavy atom. The largest absolute Gasteiger partial charge is 0.476 e. The van der Waals surface area contributed by atoms with Crippen LogP contribution in [-0.4, -0.2) is 32.7 Å². The maximum atomic E-state index is 13.1. The van der Waals surface area contributed by atoms with Crippen molar-refractivity contribution >= 4 is 21.6 Å². The monoisotopic (exact) mass is 442 g/mol. The first-order valence-corrected chi connectivity index (χ1v) is 12.7. The van der Waals surface area contributed by atoms with Crippen molar-refractivity contribution < 1.29 is 17.9 Å². The zero-order valence-corrected chi connectivity index (χ0v) is 19.0. The number of fused-ring (bicyclic) bond motifs is 2. The standard InChI is InChI=1S/C24H30N2O4S/c1-3-20(19-14-13-17-9-5-6-10-18(17)15-19)25-24(27)23-16-26(31(28,29)4-2)21-11-7-8-12-22(21)30-23/h7-8,11-15,20,23H,3-6,9-10,16H2,1-2H3,(H,25,27)/t20-,23-/m0/s1. The summed E-state index contributed by atoms with van der Waals surface area (Å²) < 4.78 is 32.5. The summed E-state index contributed by atoms with van der Waals surface area (Å²) in [6.45, 7) is 3.61. The lowest BCUT2D eigenvalue weighted by molar-refractivity contribution is -0.128.